The maximum atomic E-state index is 13.9. The highest BCUT2D eigenvalue weighted by Gasteiger charge is 2.36. The van der Waals surface area contributed by atoms with Crippen molar-refractivity contribution in [2.75, 3.05) is 19.0 Å². The molecule has 0 atom stereocenters. The average Bonchev–Trinajstić information content (AvgIpc) is 3.12. The van der Waals surface area contributed by atoms with Crippen LogP contribution in [0.15, 0.2) is 70.0 Å². The molecule has 0 aromatic heterocycles. The van der Waals surface area contributed by atoms with Crippen molar-refractivity contribution < 1.29 is 32.6 Å². The van der Waals surface area contributed by atoms with Gasteiger partial charge in [-0.25, -0.2) is 8.78 Å². The Bertz CT molecular complexity index is 1400. The summed E-state index contributed by atoms with van der Waals surface area (Å²) in [6, 6.07) is 14.6. The van der Waals surface area contributed by atoms with Gasteiger partial charge in [0.25, 0.3) is 11.1 Å². The van der Waals surface area contributed by atoms with Crippen molar-refractivity contribution in [3.8, 4) is 11.5 Å². The number of benzene rings is 3. The summed E-state index contributed by atoms with van der Waals surface area (Å²) < 4.78 is 38.7. The lowest BCUT2D eigenvalue weighted by Gasteiger charge is -2.14. The zero-order valence-electron chi connectivity index (χ0n) is 19.3. The van der Waals surface area contributed by atoms with Crippen LogP contribution in [0.2, 0.25) is 0 Å². The molecule has 1 heterocycles. The van der Waals surface area contributed by atoms with E-state index in [0.29, 0.717) is 44.5 Å². The first-order valence-electron chi connectivity index (χ1n) is 10.8. The van der Waals surface area contributed by atoms with Gasteiger partial charge in [-0.05, 0) is 81.8 Å². The number of nitrogens with zero attached hydrogens (tertiary/aromatic N) is 1. The standard InChI is InChI=1S/C26H19BrF2N2O5S/c1-35-21-11-15(10-19(27)24(21)36-14-16-4-2-3-5-20(16)29)12-22-25(33)31(26(34)37-22)13-23(32)30-18-8-6-17(28)7-9-18/h2-12H,13-14H2,1H3,(H,30,32)/b22-12-. The first kappa shape index (κ1) is 26.4. The maximum absolute atomic E-state index is 13.9. The molecule has 1 aliphatic heterocycles. The molecular formula is C26H19BrF2N2O5S. The molecule has 1 saturated heterocycles. The Morgan fingerprint density at radius 1 is 1.11 bits per heavy atom. The number of nitrogens with one attached hydrogen (secondary N) is 1. The first-order chi connectivity index (χ1) is 17.7. The summed E-state index contributed by atoms with van der Waals surface area (Å²) in [5.74, 6) is -1.41. The second-order valence-electron chi connectivity index (χ2n) is 7.74. The van der Waals surface area contributed by atoms with Crippen LogP contribution in [0.5, 0.6) is 11.5 Å². The third-order valence-corrected chi connectivity index (χ3v) is 6.68. The van der Waals surface area contributed by atoms with Gasteiger partial charge in [0.15, 0.2) is 11.5 Å². The molecule has 3 amide bonds. The number of halogens is 3. The van der Waals surface area contributed by atoms with E-state index in [-0.39, 0.29) is 11.5 Å². The van der Waals surface area contributed by atoms with Gasteiger partial charge >= 0.3 is 0 Å². The van der Waals surface area contributed by atoms with Crippen LogP contribution in [0, 0.1) is 11.6 Å². The number of hydrogen-bond acceptors (Lipinski definition) is 6. The zero-order valence-corrected chi connectivity index (χ0v) is 21.7. The van der Waals surface area contributed by atoms with E-state index in [1.54, 1.807) is 30.3 Å². The van der Waals surface area contributed by atoms with Crippen molar-refractivity contribution in [2.45, 2.75) is 6.61 Å². The summed E-state index contributed by atoms with van der Waals surface area (Å²) >= 11 is 4.11. The van der Waals surface area contributed by atoms with E-state index in [9.17, 15) is 23.2 Å². The monoisotopic (exact) mass is 588 g/mol. The van der Waals surface area contributed by atoms with Gasteiger partial charge in [-0.3, -0.25) is 19.3 Å². The van der Waals surface area contributed by atoms with Gasteiger partial charge in [-0.1, -0.05) is 18.2 Å². The van der Waals surface area contributed by atoms with Gasteiger partial charge in [-0.2, -0.15) is 0 Å². The average molecular weight is 589 g/mol. The van der Waals surface area contributed by atoms with E-state index < -0.39 is 35.2 Å². The van der Waals surface area contributed by atoms with Crippen molar-refractivity contribution in [1.82, 2.24) is 4.90 Å². The fourth-order valence-corrected chi connectivity index (χ4v) is 4.81. The van der Waals surface area contributed by atoms with E-state index in [0.717, 1.165) is 4.90 Å². The summed E-state index contributed by atoms with van der Waals surface area (Å²) in [5.41, 5.74) is 1.24. The number of hydrogen-bond donors (Lipinski definition) is 1. The molecule has 0 saturated carbocycles. The van der Waals surface area contributed by atoms with Gasteiger partial charge in [0.2, 0.25) is 5.91 Å². The van der Waals surface area contributed by atoms with Crippen LogP contribution in [-0.2, 0) is 16.2 Å². The Kier molecular flexibility index (Phi) is 8.24. The predicted molar refractivity (Wildman–Crippen MR) is 139 cm³/mol. The number of rotatable bonds is 8. The van der Waals surface area contributed by atoms with Gasteiger partial charge in [0.1, 0.15) is 24.8 Å². The largest absolute Gasteiger partial charge is 0.493 e. The van der Waals surface area contributed by atoms with E-state index in [4.69, 9.17) is 9.47 Å². The van der Waals surface area contributed by atoms with Crippen LogP contribution in [0.4, 0.5) is 19.3 Å². The number of carbonyl (C=O) groups is 3. The number of methoxy groups -OCH3 is 1. The van der Waals surface area contributed by atoms with Crippen LogP contribution in [0.1, 0.15) is 11.1 Å². The van der Waals surface area contributed by atoms with Gasteiger partial charge in [-0.15, -0.1) is 0 Å². The minimum absolute atomic E-state index is 0.0279. The topological polar surface area (TPSA) is 84.9 Å². The first-order valence-corrected chi connectivity index (χ1v) is 12.4. The molecule has 0 aliphatic carbocycles. The second kappa shape index (κ2) is 11.6. The quantitative estimate of drug-likeness (QED) is 0.325. The molecule has 0 bridgehead atoms. The highest BCUT2D eigenvalue weighted by molar-refractivity contribution is 9.10. The molecule has 7 nitrogen and oxygen atoms in total. The Labute approximate surface area is 223 Å². The fourth-order valence-electron chi connectivity index (χ4n) is 3.39. The third-order valence-electron chi connectivity index (χ3n) is 5.18. The van der Waals surface area contributed by atoms with Crippen molar-refractivity contribution in [1.29, 1.82) is 0 Å². The lowest BCUT2D eigenvalue weighted by molar-refractivity contribution is -0.127. The van der Waals surface area contributed by atoms with Gasteiger partial charge < -0.3 is 14.8 Å². The van der Waals surface area contributed by atoms with E-state index in [2.05, 4.69) is 21.2 Å². The van der Waals surface area contributed by atoms with Crippen LogP contribution >= 0.6 is 27.7 Å². The Balaban J connectivity index is 1.47. The van der Waals surface area contributed by atoms with E-state index in [1.807, 2.05) is 0 Å². The minimum Gasteiger partial charge on any atom is -0.493 e. The molecule has 37 heavy (non-hydrogen) atoms. The fraction of sp³-hybridized carbons (Fsp3) is 0.115. The summed E-state index contributed by atoms with van der Waals surface area (Å²) in [5, 5.41) is 1.92. The third kappa shape index (κ3) is 6.36. The molecule has 190 valence electrons. The van der Waals surface area contributed by atoms with Crippen LogP contribution in [0.25, 0.3) is 6.08 Å². The molecular weight excluding hydrogens is 570 g/mol. The Morgan fingerprint density at radius 3 is 2.54 bits per heavy atom. The van der Waals surface area contributed by atoms with Gasteiger partial charge in [0, 0.05) is 11.3 Å². The molecule has 1 aliphatic rings. The summed E-state index contributed by atoms with van der Waals surface area (Å²) in [7, 11) is 1.44. The van der Waals surface area contributed by atoms with Crippen LogP contribution < -0.4 is 14.8 Å². The van der Waals surface area contributed by atoms with E-state index >= 15 is 0 Å². The lowest BCUT2D eigenvalue weighted by Crippen LogP contribution is -2.36. The highest BCUT2D eigenvalue weighted by Crippen LogP contribution is 2.39. The van der Waals surface area contributed by atoms with Crippen molar-refractivity contribution >= 4 is 56.5 Å². The summed E-state index contributed by atoms with van der Waals surface area (Å²) in [6.07, 6.45) is 1.50. The Hall–Kier alpha value is -3.70. The summed E-state index contributed by atoms with van der Waals surface area (Å²) in [6.45, 7) is -0.519. The molecule has 4 rings (SSSR count). The highest BCUT2D eigenvalue weighted by atomic mass is 79.9. The normalized spacial score (nSPS) is 14.3. The van der Waals surface area contributed by atoms with Crippen molar-refractivity contribution in [3.63, 3.8) is 0 Å². The molecule has 11 heteroatoms. The number of amides is 3. The van der Waals surface area contributed by atoms with Crippen molar-refractivity contribution in [2.24, 2.45) is 0 Å². The molecule has 0 spiro atoms. The molecule has 0 radical (unpaired) electrons. The lowest BCUT2D eigenvalue weighted by atomic mass is 10.1. The zero-order chi connectivity index (χ0) is 26.5. The predicted octanol–water partition coefficient (Wildman–Crippen LogP) is 5.99. The number of carbonyl (C=O) groups excluding carboxylic acids is 3. The number of imide groups is 1. The molecule has 1 fully saturated rings. The van der Waals surface area contributed by atoms with Crippen molar-refractivity contribution in [3.05, 3.63) is 92.8 Å². The number of thioether (sulfide) groups is 1. The molecule has 0 unspecified atom stereocenters. The number of anilines is 1. The Morgan fingerprint density at radius 2 is 1.84 bits per heavy atom. The van der Waals surface area contributed by atoms with Crippen LogP contribution in [-0.4, -0.2) is 35.6 Å². The van der Waals surface area contributed by atoms with Gasteiger partial charge in [0.05, 0.1) is 16.5 Å². The van der Waals surface area contributed by atoms with Crippen LogP contribution in [0.3, 0.4) is 0 Å². The maximum Gasteiger partial charge on any atom is 0.294 e. The van der Waals surface area contributed by atoms with E-state index in [1.165, 1.54) is 43.5 Å². The minimum atomic E-state index is -0.626. The SMILES string of the molecule is COc1cc(/C=C2\SC(=O)N(CC(=O)Nc3ccc(F)cc3)C2=O)cc(Br)c1OCc1ccccc1F. The second-order valence-corrected chi connectivity index (χ2v) is 9.58. The summed E-state index contributed by atoms with van der Waals surface area (Å²) in [4.78, 5) is 38.5. The smallest absolute Gasteiger partial charge is 0.294 e. The molecule has 3 aromatic carbocycles. The molecule has 1 N–H and O–H groups in total. The molecule has 3 aromatic rings. The number of ether oxygens (including phenoxy) is 2.